The van der Waals surface area contributed by atoms with Crippen molar-refractivity contribution in [2.24, 2.45) is 11.8 Å². The summed E-state index contributed by atoms with van der Waals surface area (Å²) in [5.41, 5.74) is 1.99. The summed E-state index contributed by atoms with van der Waals surface area (Å²) in [5.74, 6) is -3.07. The van der Waals surface area contributed by atoms with Crippen LogP contribution in [0.3, 0.4) is 0 Å². The molecule has 2 heterocycles. The highest BCUT2D eigenvalue weighted by Crippen LogP contribution is 2.47. The molecule has 0 spiro atoms. The van der Waals surface area contributed by atoms with Gasteiger partial charge < -0.3 is 37.9 Å². The van der Waals surface area contributed by atoms with Crippen LogP contribution in [-0.4, -0.2) is 81.3 Å². The molecule has 1 aliphatic carbocycles. The van der Waals surface area contributed by atoms with Crippen LogP contribution in [0, 0.1) is 11.8 Å². The first kappa shape index (κ1) is 33.6. The molecule has 0 amide bonds. The van der Waals surface area contributed by atoms with Gasteiger partial charge in [-0.05, 0) is 41.8 Å². The van der Waals surface area contributed by atoms with Crippen LogP contribution in [0.2, 0.25) is 5.02 Å². The monoisotopic (exact) mass is 660 g/mol. The maximum Gasteiger partial charge on any atom is 0.303 e. The minimum atomic E-state index is -1.92. The predicted octanol–water partition coefficient (Wildman–Crippen LogP) is 3.51. The second-order valence-electron chi connectivity index (χ2n) is 11.6. The van der Waals surface area contributed by atoms with Crippen LogP contribution < -0.4 is 4.74 Å². The number of hydrogen-bond acceptors (Lipinski definition) is 12. The Morgan fingerprint density at radius 2 is 1.46 bits per heavy atom. The quantitative estimate of drug-likeness (QED) is 0.257. The van der Waals surface area contributed by atoms with Gasteiger partial charge in [0, 0.05) is 57.2 Å². The summed E-state index contributed by atoms with van der Waals surface area (Å²) < 4.78 is 46.0. The maximum absolute atomic E-state index is 12.4. The van der Waals surface area contributed by atoms with Gasteiger partial charge in [0.1, 0.15) is 24.6 Å². The Balaban J connectivity index is 1.48. The summed E-state index contributed by atoms with van der Waals surface area (Å²) in [6.07, 6.45) is -4.80. The molecule has 2 saturated heterocycles. The number of ether oxygens (including phenoxy) is 8. The van der Waals surface area contributed by atoms with E-state index >= 15 is 0 Å². The Labute approximate surface area is 271 Å². The lowest BCUT2D eigenvalue weighted by Gasteiger charge is -2.50. The van der Waals surface area contributed by atoms with Crippen LogP contribution in [0.5, 0.6) is 5.75 Å². The van der Waals surface area contributed by atoms with Crippen molar-refractivity contribution in [1.29, 1.82) is 0 Å². The van der Waals surface area contributed by atoms with E-state index in [1.807, 2.05) is 24.3 Å². The summed E-state index contributed by atoms with van der Waals surface area (Å²) in [6.45, 7) is 5.77. The lowest BCUT2D eigenvalue weighted by molar-refractivity contribution is -0.367. The van der Waals surface area contributed by atoms with Gasteiger partial charge in [0.2, 0.25) is 11.9 Å². The zero-order valence-electron chi connectivity index (χ0n) is 26.2. The fourth-order valence-electron chi connectivity index (χ4n) is 6.13. The van der Waals surface area contributed by atoms with E-state index in [0.717, 1.165) is 38.4 Å². The number of esters is 4. The molecule has 0 radical (unpaired) electrons. The summed E-state index contributed by atoms with van der Waals surface area (Å²) in [6, 6.07) is 12.7. The Morgan fingerprint density at radius 1 is 0.826 bits per heavy atom. The van der Waals surface area contributed by atoms with E-state index in [4.69, 9.17) is 49.5 Å². The highest BCUT2D eigenvalue weighted by molar-refractivity contribution is 6.31. The van der Waals surface area contributed by atoms with Crippen molar-refractivity contribution in [3.05, 3.63) is 64.2 Å². The molecule has 2 aromatic carbocycles. The van der Waals surface area contributed by atoms with Gasteiger partial charge in [-0.25, -0.2) is 0 Å². The largest absolute Gasteiger partial charge is 0.490 e. The second-order valence-corrected chi connectivity index (χ2v) is 12.0. The fraction of sp³-hybridized carbons (Fsp3) is 0.515. The van der Waals surface area contributed by atoms with E-state index < -0.39 is 60.7 Å². The number of hydrogen-bond donors (Lipinski definition) is 0. The average molecular weight is 661 g/mol. The minimum Gasteiger partial charge on any atom is -0.490 e. The van der Waals surface area contributed by atoms with Crippen molar-refractivity contribution in [3.63, 3.8) is 0 Å². The molecule has 248 valence electrons. The Kier molecular flexibility index (Phi) is 10.2. The summed E-state index contributed by atoms with van der Waals surface area (Å²) in [5, 5.41) is 0.451. The van der Waals surface area contributed by atoms with E-state index in [2.05, 4.69) is 0 Å². The SMILES string of the molecule is COC1(c2ccc(Cl)c(Cc3ccc(OC4C5COCC54)cc3)c2)OC(COC(C)=O)C(OC(C)=O)C(OC(C)=O)C1OC(C)=O. The third kappa shape index (κ3) is 7.30. The van der Waals surface area contributed by atoms with Crippen LogP contribution in [0.15, 0.2) is 42.5 Å². The van der Waals surface area contributed by atoms with Crippen molar-refractivity contribution in [2.45, 2.75) is 70.4 Å². The van der Waals surface area contributed by atoms with Gasteiger partial charge in [-0.1, -0.05) is 29.8 Å². The molecule has 12 nitrogen and oxygen atoms in total. The normalized spacial score (nSPS) is 29.7. The lowest BCUT2D eigenvalue weighted by Crippen LogP contribution is -2.67. The van der Waals surface area contributed by atoms with Crippen LogP contribution >= 0.6 is 11.6 Å². The molecule has 7 atom stereocenters. The van der Waals surface area contributed by atoms with Crippen molar-refractivity contribution in [2.75, 3.05) is 26.9 Å². The van der Waals surface area contributed by atoms with Crippen LogP contribution in [0.25, 0.3) is 0 Å². The van der Waals surface area contributed by atoms with E-state index in [1.54, 1.807) is 18.2 Å². The molecule has 5 rings (SSSR count). The first-order chi connectivity index (χ1) is 21.9. The van der Waals surface area contributed by atoms with E-state index in [9.17, 15) is 19.2 Å². The van der Waals surface area contributed by atoms with E-state index in [-0.39, 0.29) is 6.10 Å². The van der Waals surface area contributed by atoms with Gasteiger partial charge in [0.25, 0.3) is 0 Å². The minimum absolute atomic E-state index is 0.192. The molecule has 2 aliphatic heterocycles. The van der Waals surface area contributed by atoms with Crippen LogP contribution in [0.4, 0.5) is 0 Å². The van der Waals surface area contributed by atoms with Gasteiger partial charge in [0.15, 0.2) is 12.2 Å². The summed E-state index contributed by atoms with van der Waals surface area (Å²) >= 11 is 6.66. The van der Waals surface area contributed by atoms with Gasteiger partial charge >= 0.3 is 23.9 Å². The van der Waals surface area contributed by atoms with Crippen molar-refractivity contribution in [1.82, 2.24) is 0 Å². The smallest absolute Gasteiger partial charge is 0.303 e. The van der Waals surface area contributed by atoms with Crippen LogP contribution in [0.1, 0.15) is 44.4 Å². The number of halogens is 1. The van der Waals surface area contributed by atoms with E-state index in [0.29, 0.717) is 34.4 Å². The molecule has 3 aliphatic rings. The average Bonchev–Trinajstić information content (AvgIpc) is 3.38. The third-order valence-corrected chi connectivity index (χ3v) is 8.62. The lowest BCUT2D eigenvalue weighted by atomic mass is 9.86. The number of benzene rings is 2. The highest BCUT2D eigenvalue weighted by Gasteiger charge is 2.61. The maximum atomic E-state index is 12.4. The first-order valence-electron chi connectivity index (χ1n) is 14.9. The molecule has 2 aromatic rings. The predicted molar refractivity (Wildman–Crippen MR) is 160 cm³/mol. The topological polar surface area (TPSA) is 142 Å². The number of carbonyl (C=O) groups excluding carboxylic acids is 4. The fourth-order valence-corrected chi connectivity index (χ4v) is 6.32. The van der Waals surface area contributed by atoms with Crippen molar-refractivity contribution < 1.29 is 57.1 Å². The standard InChI is InChI=1S/C33H37ClO12/c1-17(35)41-16-28-30(42-18(2)36)31(43-19(3)37)32(44-20(4)38)33(39-5,46-28)23-8-11-27(34)22(13-23)12-21-6-9-24(10-7-21)45-29-25-14-40-15-26(25)29/h6-11,13,25-26,28-32H,12,14-16H2,1-5H3. The third-order valence-electron chi connectivity index (χ3n) is 8.25. The van der Waals surface area contributed by atoms with Gasteiger partial charge in [0.05, 0.1) is 13.2 Å². The Hall–Kier alpha value is -3.71. The van der Waals surface area contributed by atoms with Crippen LogP contribution in [-0.2, 0) is 64.5 Å². The summed E-state index contributed by atoms with van der Waals surface area (Å²) in [7, 11) is 1.32. The number of carbonyl (C=O) groups is 4. The summed E-state index contributed by atoms with van der Waals surface area (Å²) in [4.78, 5) is 48.7. The zero-order chi connectivity index (χ0) is 33.2. The Bertz CT molecular complexity index is 1450. The van der Waals surface area contributed by atoms with Gasteiger partial charge in [-0.2, -0.15) is 0 Å². The molecule has 0 bridgehead atoms. The van der Waals surface area contributed by atoms with Gasteiger partial charge in [-0.3, -0.25) is 19.2 Å². The van der Waals surface area contributed by atoms with Crippen molar-refractivity contribution in [3.8, 4) is 5.75 Å². The zero-order valence-corrected chi connectivity index (χ0v) is 26.9. The second kappa shape index (κ2) is 14.0. The molecule has 1 saturated carbocycles. The number of fused-ring (bicyclic) bond motifs is 1. The molecule has 13 heteroatoms. The Morgan fingerprint density at radius 3 is 2.04 bits per heavy atom. The molecule has 0 aromatic heterocycles. The first-order valence-corrected chi connectivity index (χ1v) is 15.3. The molecule has 0 N–H and O–H groups in total. The molecular formula is C33H37ClO12. The van der Waals surface area contributed by atoms with E-state index in [1.165, 1.54) is 21.0 Å². The van der Waals surface area contributed by atoms with Crippen molar-refractivity contribution >= 4 is 35.5 Å². The number of methoxy groups -OCH3 is 1. The molecule has 3 fully saturated rings. The van der Waals surface area contributed by atoms with Gasteiger partial charge in [-0.15, -0.1) is 0 Å². The molecule has 46 heavy (non-hydrogen) atoms. The highest BCUT2D eigenvalue weighted by atomic mass is 35.5. The molecule has 7 unspecified atom stereocenters. The molecular weight excluding hydrogens is 624 g/mol. The number of rotatable bonds is 11.